The molecule has 1 aromatic rings. The van der Waals surface area contributed by atoms with Crippen LogP contribution in [0.15, 0.2) is 24.3 Å². The van der Waals surface area contributed by atoms with Crippen LogP contribution in [0.3, 0.4) is 0 Å². The summed E-state index contributed by atoms with van der Waals surface area (Å²) in [4.78, 5) is 23.1. The first-order valence-corrected chi connectivity index (χ1v) is 6.36. The van der Waals surface area contributed by atoms with E-state index in [1.807, 2.05) is 13.8 Å². The standard InChI is InChI=1S/C14H20N2O4/c1-10(2)15-14(18)16-12-6-4-11(5-7-12)13(17)20-9-8-19-3/h4-7,10H,8-9H2,1-3H3,(H2,15,16,18). The lowest BCUT2D eigenvalue weighted by molar-refractivity contribution is 0.0388. The third-order valence-electron chi connectivity index (χ3n) is 2.32. The summed E-state index contributed by atoms with van der Waals surface area (Å²) in [6, 6.07) is 6.26. The fourth-order valence-electron chi connectivity index (χ4n) is 1.42. The molecule has 6 nitrogen and oxygen atoms in total. The minimum Gasteiger partial charge on any atom is -0.460 e. The Labute approximate surface area is 118 Å². The van der Waals surface area contributed by atoms with Crippen molar-refractivity contribution in [3.8, 4) is 0 Å². The van der Waals surface area contributed by atoms with Crippen molar-refractivity contribution in [2.75, 3.05) is 25.6 Å². The molecule has 0 aliphatic rings. The maximum Gasteiger partial charge on any atom is 0.338 e. The van der Waals surface area contributed by atoms with Gasteiger partial charge < -0.3 is 20.1 Å². The van der Waals surface area contributed by atoms with E-state index in [1.54, 1.807) is 24.3 Å². The van der Waals surface area contributed by atoms with E-state index >= 15 is 0 Å². The smallest absolute Gasteiger partial charge is 0.338 e. The van der Waals surface area contributed by atoms with Gasteiger partial charge in [0.15, 0.2) is 0 Å². The lowest BCUT2D eigenvalue weighted by Crippen LogP contribution is -2.34. The van der Waals surface area contributed by atoms with E-state index in [2.05, 4.69) is 10.6 Å². The third kappa shape index (κ3) is 5.71. The van der Waals surface area contributed by atoms with Crippen LogP contribution in [0.2, 0.25) is 0 Å². The van der Waals surface area contributed by atoms with E-state index < -0.39 is 5.97 Å². The van der Waals surface area contributed by atoms with Crippen LogP contribution in [0.4, 0.5) is 10.5 Å². The Hall–Kier alpha value is -2.08. The summed E-state index contributed by atoms with van der Waals surface area (Å²) in [5.41, 5.74) is 1.03. The Balaban J connectivity index is 2.51. The number of ether oxygens (including phenoxy) is 2. The minimum atomic E-state index is -0.416. The zero-order chi connectivity index (χ0) is 15.0. The van der Waals surface area contributed by atoms with Crippen LogP contribution in [0.1, 0.15) is 24.2 Å². The van der Waals surface area contributed by atoms with Crippen LogP contribution in [0.25, 0.3) is 0 Å². The van der Waals surface area contributed by atoms with E-state index in [0.717, 1.165) is 0 Å². The van der Waals surface area contributed by atoms with Gasteiger partial charge in [0.05, 0.1) is 12.2 Å². The molecule has 0 spiro atoms. The van der Waals surface area contributed by atoms with Crippen molar-refractivity contribution in [2.45, 2.75) is 19.9 Å². The van der Waals surface area contributed by atoms with E-state index in [-0.39, 0.29) is 18.7 Å². The van der Waals surface area contributed by atoms with Crippen molar-refractivity contribution >= 4 is 17.7 Å². The monoisotopic (exact) mass is 280 g/mol. The molecule has 0 heterocycles. The number of urea groups is 1. The first-order chi connectivity index (χ1) is 9.52. The third-order valence-corrected chi connectivity index (χ3v) is 2.32. The van der Waals surface area contributed by atoms with Gasteiger partial charge in [0.1, 0.15) is 6.61 Å². The van der Waals surface area contributed by atoms with E-state index in [0.29, 0.717) is 17.9 Å². The predicted molar refractivity (Wildman–Crippen MR) is 75.9 cm³/mol. The Morgan fingerprint density at radius 3 is 2.35 bits per heavy atom. The molecule has 1 aromatic carbocycles. The Bertz CT molecular complexity index is 443. The number of benzene rings is 1. The van der Waals surface area contributed by atoms with Crippen molar-refractivity contribution in [3.63, 3.8) is 0 Å². The lowest BCUT2D eigenvalue weighted by Gasteiger charge is -2.10. The number of anilines is 1. The summed E-state index contributed by atoms with van der Waals surface area (Å²) in [7, 11) is 1.54. The van der Waals surface area contributed by atoms with Gasteiger partial charge >= 0.3 is 12.0 Å². The molecule has 20 heavy (non-hydrogen) atoms. The van der Waals surface area contributed by atoms with Crippen LogP contribution in [0, 0.1) is 0 Å². The van der Waals surface area contributed by atoms with Crippen LogP contribution in [-0.2, 0) is 9.47 Å². The molecule has 1 rings (SSSR count). The Kier molecular flexibility index (Phi) is 6.52. The normalized spacial score (nSPS) is 10.2. The van der Waals surface area contributed by atoms with Gasteiger partial charge in [-0.15, -0.1) is 0 Å². The highest BCUT2D eigenvalue weighted by Crippen LogP contribution is 2.10. The lowest BCUT2D eigenvalue weighted by atomic mass is 10.2. The van der Waals surface area contributed by atoms with Crippen LogP contribution >= 0.6 is 0 Å². The quantitative estimate of drug-likeness (QED) is 0.617. The molecule has 0 radical (unpaired) electrons. The molecular weight excluding hydrogens is 260 g/mol. The molecule has 0 aromatic heterocycles. The summed E-state index contributed by atoms with van der Waals surface area (Å²) >= 11 is 0. The van der Waals surface area contributed by atoms with Crippen molar-refractivity contribution in [1.29, 1.82) is 0 Å². The first kappa shape index (κ1) is 16.0. The fourth-order valence-corrected chi connectivity index (χ4v) is 1.42. The topological polar surface area (TPSA) is 76.7 Å². The van der Waals surface area contributed by atoms with Crippen molar-refractivity contribution in [2.24, 2.45) is 0 Å². The molecule has 0 unspecified atom stereocenters. The fraction of sp³-hybridized carbons (Fsp3) is 0.429. The maximum absolute atomic E-state index is 11.6. The molecule has 0 aliphatic heterocycles. The van der Waals surface area contributed by atoms with Crippen LogP contribution in [-0.4, -0.2) is 38.4 Å². The summed E-state index contributed by atoms with van der Waals surface area (Å²) in [6.45, 7) is 4.32. The van der Waals surface area contributed by atoms with Gasteiger partial charge in [-0.2, -0.15) is 0 Å². The van der Waals surface area contributed by atoms with Gasteiger partial charge in [-0.05, 0) is 38.1 Å². The average Bonchev–Trinajstić information content (AvgIpc) is 2.38. The van der Waals surface area contributed by atoms with Crippen LogP contribution < -0.4 is 10.6 Å². The number of nitrogens with one attached hydrogen (secondary N) is 2. The predicted octanol–water partition coefficient (Wildman–Crippen LogP) is 2.02. The van der Waals surface area contributed by atoms with Gasteiger partial charge in [0, 0.05) is 18.8 Å². The number of carbonyl (C=O) groups is 2. The number of hydrogen-bond donors (Lipinski definition) is 2. The van der Waals surface area contributed by atoms with Crippen molar-refractivity contribution in [1.82, 2.24) is 5.32 Å². The zero-order valence-electron chi connectivity index (χ0n) is 11.9. The molecule has 0 atom stereocenters. The SMILES string of the molecule is COCCOC(=O)c1ccc(NC(=O)NC(C)C)cc1. The molecule has 110 valence electrons. The summed E-state index contributed by atoms with van der Waals surface area (Å²) in [5, 5.41) is 5.38. The van der Waals surface area contributed by atoms with E-state index in [1.165, 1.54) is 7.11 Å². The van der Waals surface area contributed by atoms with Gasteiger partial charge in [-0.1, -0.05) is 0 Å². The van der Waals surface area contributed by atoms with Crippen LogP contribution in [0.5, 0.6) is 0 Å². The molecule has 0 saturated heterocycles. The van der Waals surface area contributed by atoms with Crippen molar-refractivity contribution < 1.29 is 19.1 Å². The summed E-state index contributed by atoms with van der Waals surface area (Å²) in [5.74, 6) is -0.416. The zero-order valence-corrected chi connectivity index (χ0v) is 11.9. The molecule has 0 saturated carbocycles. The first-order valence-electron chi connectivity index (χ1n) is 6.36. The highest BCUT2D eigenvalue weighted by Gasteiger charge is 2.08. The summed E-state index contributed by atoms with van der Waals surface area (Å²) in [6.07, 6.45) is 0. The number of rotatable bonds is 6. The number of carbonyl (C=O) groups excluding carboxylic acids is 2. The molecule has 0 fully saturated rings. The van der Waals surface area contributed by atoms with Gasteiger partial charge in [0.25, 0.3) is 0 Å². The summed E-state index contributed by atoms with van der Waals surface area (Å²) < 4.78 is 9.77. The number of methoxy groups -OCH3 is 1. The molecule has 0 aliphatic carbocycles. The second kappa shape index (κ2) is 8.16. The Morgan fingerprint density at radius 1 is 1.15 bits per heavy atom. The van der Waals surface area contributed by atoms with Gasteiger partial charge in [0.2, 0.25) is 0 Å². The molecular formula is C14H20N2O4. The number of hydrogen-bond acceptors (Lipinski definition) is 4. The second-order valence-electron chi connectivity index (χ2n) is 4.46. The van der Waals surface area contributed by atoms with E-state index in [9.17, 15) is 9.59 Å². The average molecular weight is 280 g/mol. The van der Waals surface area contributed by atoms with Gasteiger partial charge in [-0.25, -0.2) is 9.59 Å². The minimum absolute atomic E-state index is 0.0602. The number of esters is 1. The van der Waals surface area contributed by atoms with E-state index in [4.69, 9.17) is 9.47 Å². The van der Waals surface area contributed by atoms with Gasteiger partial charge in [-0.3, -0.25) is 0 Å². The number of amides is 2. The maximum atomic E-state index is 11.6. The Morgan fingerprint density at radius 2 is 1.80 bits per heavy atom. The van der Waals surface area contributed by atoms with Crippen molar-refractivity contribution in [3.05, 3.63) is 29.8 Å². The highest BCUT2D eigenvalue weighted by atomic mass is 16.6. The molecule has 6 heteroatoms. The largest absolute Gasteiger partial charge is 0.460 e. The highest BCUT2D eigenvalue weighted by molar-refractivity contribution is 5.92. The molecule has 0 bridgehead atoms. The molecule has 2 amide bonds. The second-order valence-corrected chi connectivity index (χ2v) is 4.46. The molecule has 2 N–H and O–H groups in total.